The highest BCUT2D eigenvalue weighted by Gasteiger charge is 2.22. The van der Waals surface area contributed by atoms with E-state index in [9.17, 15) is 4.79 Å². The standard InChI is InChI=1S/C22H21NO/c1-16-8-12-19(13-9-16)21(18-6-4-3-5-7-18)22(24)23-20-14-10-17(2)11-15-20/h3-15,21H,1-2H3,(H,23,24). The molecule has 0 saturated heterocycles. The summed E-state index contributed by atoms with van der Waals surface area (Å²) in [5.41, 5.74) is 5.16. The molecule has 2 heteroatoms. The molecule has 0 radical (unpaired) electrons. The van der Waals surface area contributed by atoms with Gasteiger partial charge in [-0.1, -0.05) is 77.9 Å². The molecule has 3 aromatic carbocycles. The third kappa shape index (κ3) is 3.72. The van der Waals surface area contributed by atoms with Gasteiger partial charge in [-0.2, -0.15) is 0 Å². The molecule has 0 fully saturated rings. The number of carbonyl (C=O) groups excluding carboxylic acids is 1. The third-order valence-corrected chi connectivity index (χ3v) is 4.12. The van der Waals surface area contributed by atoms with Gasteiger partial charge in [0.25, 0.3) is 0 Å². The molecule has 24 heavy (non-hydrogen) atoms. The van der Waals surface area contributed by atoms with Crippen LogP contribution in [0.1, 0.15) is 28.2 Å². The Balaban J connectivity index is 1.93. The second kappa shape index (κ2) is 7.14. The van der Waals surface area contributed by atoms with E-state index in [0.29, 0.717) is 0 Å². The Morgan fingerprint density at radius 2 is 1.21 bits per heavy atom. The van der Waals surface area contributed by atoms with Crippen LogP contribution in [-0.4, -0.2) is 5.91 Å². The van der Waals surface area contributed by atoms with E-state index >= 15 is 0 Å². The maximum Gasteiger partial charge on any atom is 0.236 e. The molecule has 2 nitrogen and oxygen atoms in total. The zero-order valence-corrected chi connectivity index (χ0v) is 14.0. The van der Waals surface area contributed by atoms with Gasteiger partial charge in [0, 0.05) is 5.69 Å². The van der Waals surface area contributed by atoms with Crippen LogP contribution in [0, 0.1) is 13.8 Å². The maximum atomic E-state index is 13.0. The van der Waals surface area contributed by atoms with E-state index in [2.05, 4.69) is 5.32 Å². The van der Waals surface area contributed by atoms with Crippen LogP contribution in [0.2, 0.25) is 0 Å². The van der Waals surface area contributed by atoms with Gasteiger partial charge in [-0.05, 0) is 37.1 Å². The smallest absolute Gasteiger partial charge is 0.236 e. The van der Waals surface area contributed by atoms with E-state index in [1.54, 1.807) is 0 Å². The molecular weight excluding hydrogens is 294 g/mol. The molecule has 1 unspecified atom stereocenters. The lowest BCUT2D eigenvalue weighted by Gasteiger charge is -2.18. The van der Waals surface area contributed by atoms with E-state index in [1.807, 2.05) is 92.7 Å². The van der Waals surface area contributed by atoms with Crippen LogP contribution in [0.4, 0.5) is 5.69 Å². The van der Waals surface area contributed by atoms with Gasteiger partial charge < -0.3 is 5.32 Å². The first-order chi connectivity index (χ1) is 11.6. The van der Waals surface area contributed by atoms with Crippen molar-refractivity contribution < 1.29 is 4.79 Å². The molecule has 0 saturated carbocycles. The summed E-state index contributed by atoms with van der Waals surface area (Å²) in [7, 11) is 0. The van der Waals surface area contributed by atoms with Gasteiger partial charge in [0.1, 0.15) is 0 Å². The largest absolute Gasteiger partial charge is 0.325 e. The lowest BCUT2D eigenvalue weighted by Crippen LogP contribution is -2.22. The van der Waals surface area contributed by atoms with Crippen molar-refractivity contribution >= 4 is 11.6 Å². The number of rotatable bonds is 4. The first-order valence-corrected chi connectivity index (χ1v) is 8.12. The number of amides is 1. The summed E-state index contributed by atoms with van der Waals surface area (Å²) < 4.78 is 0. The van der Waals surface area contributed by atoms with Gasteiger partial charge >= 0.3 is 0 Å². The zero-order valence-electron chi connectivity index (χ0n) is 14.0. The van der Waals surface area contributed by atoms with Crippen molar-refractivity contribution in [3.05, 3.63) is 101 Å². The molecular formula is C22H21NO. The molecule has 3 rings (SSSR count). The fourth-order valence-electron chi connectivity index (χ4n) is 2.75. The second-order valence-electron chi connectivity index (χ2n) is 6.11. The Morgan fingerprint density at radius 3 is 1.79 bits per heavy atom. The zero-order chi connectivity index (χ0) is 16.9. The Kier molecular flexibility index (Phi) is 4.76. The Morgan fingerprint density at radius 1 is 0.708 bits per heavy atom. The van der Waals surface area contributed by atoms with E-state index in [-0.39, 0.29) is 11.8 Å². The number of nitrogens with one attached hydrogen (secondary N) is 1. The summed E-state index contributed by atoms with van der Waals surface area (Å²) in [5.74, 6) is -0.345. The summed E-state index contributed by atoms with van der Waals surface area (Å²) in [5, 5.41) is 3.04. The number of aryl methyl sites for hydroxylation is 2. The van der Waals surface area contributed by atoms with Gasteiger partial charge in [0.2, 0.25) is 5.91 Å². The Bertz CT molecular complexity index is 805. The molecule has 1 amide bonds. The van der Waals surface area contributed by atoms with Crippen LogP contribution < -0.4 is 5.32 Å². The van der Waals surface area contributed by atoms with Crippen LogP contribution >= 0.6 is 0 Å². The SMILES string of the molecule is Cc1ccc(NC(=O)C(c2ccccc2)c2ccc(C)cc2)cc1. The van der Waals surface area contributed by atoms with Gasteiger partial charge in [-0.15, -0.1) is 0 Å². The minimum absolute atomic E-state index is 0.0195. The fraction of sp³-hybridized carbons (Fsp3) is 0.136. The first-order valence-electron chi connectivity index (χ1n) is 8.12. The fourth-order valence-corrected chi connectivity index (χ4v) is 2.75. The molecule has 3 aromatic rings. The van der Waals surface area contributed by atoms with Crippen LogP contribution in [0.5, 0.6) is 0 Å². The predicted molar refractivity (Wildman–Crippen MR) is 99.3 cm³/mol. The molecule has 1 N–H and O–H groups in total. The van der Waals surface area contributed by atoms with E-state index < -0.39 is 0 Å². The molecule has 0 aliphatic carbocycles. The molecule has 0 spiro atoms. The lowest BCUT2D eigenvalue weighted by atomic mass is 9.90. The Hall–Kier alpha value is -2.87. The summed E-state index contributed by atoms with van der Waals surface area (Å²) >= 11 is 0. The minimum atomic E-state index is -0.326. The monoisotopic (exact) mass is 315 g/mol. The van der Waals surface area contributed by atoms with Crippen molar-refractivity contribution in [2.75, 3.05) is 5.32 Å². The summed E-state index contributed by atoms with van der Waals surface area (Å²) in [6.45, 7) is 4.08. The summed E-state index contributed by atoms with van der Waals surface area (Å²) in [6.07, 6.45) is 0. The van der Waals surface area contributed by atoms with Crippen molar-refractivity contribution in [3.63, 3.8) is 0 Å². The van der Waals surface area contributed by atoms with Crippen molar-refractivity contribution in [3.8, 4) is 0 Å². The predicted octanol–water partition coefficient (Wildman–Crippen LogP) is 5.07. The minimum Gasteiger partial charge on any atom is -0.325 e. The van der Waals surface area contributed by atoms with E-state index in [4.69, 9.17) is 0 Å². The number of benzene rings is 3. The van der Waals surface area contributed by atoms with Crippen LogP contribution in [0.25, 0.3) is 0 Å². The van der Waals surface area contributed by atoms with Gasteiger partial charge in [0.15, 0.2) is 0 Å². The number of hydrogen-bond acceptors (Lipinski definition) is 1. The first kappa shape index (κ1) is 16.0. The third-order valence-electron chi connectivity index (χ3n) is 4.12. The topological polar surface area (TPSA) is 29.1 Å². The molecule has 0 bridgehead atoms. The lowest BCUT2D eigenvalue weighted by molar-refractivity contribution is -0.116. The maximum absolute atomic E-state index is 13.0. The number of carbonyl (C=O) groups is 1. The van der Waals surface area contributed by atoms with Crippen LogP contribution in [0.3, 0.4) is 0 Å². The van der Waals surface area contributed by atoms with E-state index in [1.165, 1.54) is 11.1 Å². The van der Waals surface area contributed by atoms with Crippen LogP contribution in [-0.2, 0) is 4.79 Å². The normalized spacial score (nSPS) is 11.8. The van der Waals surface area contributed by atoms with Gasteiger partial charge in [-0.25, -0.2) is 0 Å². The second-order valence-corrected chi connectivity index (χ2v) is 6.11. The molecule has 1 atom stereocenters. The summed E-state index contributed by atoms with van der Waals surface area (Å²) in [6, 6.07) is 25.9. The molecule has 120 valence electrons. The van der Waals surface area contributed by atoms with Crippen molar-refractivity contribution in [1.29, 1.82) is 0 Å². The van der Waals surface area contributed by atoms with Gasteiger partial charge in [0.05, 0.1) is 5.92 Å². The highest BCUT2D eigenvalue weighted by Crippen LogP contribution is 2.26. The van der Waals surface area contributed by atoms with Crippen molar-refractivity contribution in [2.24, 2.45) is 0 Å². The number of anilines is 1. The van der Waals surface area contributed by atoms with Crippen molar-refractivity contribution in [2.45, 2.75) is 19.8 Å². The summed E-state index contributed by atoms with van der Waals surface area (Å²) in [4.78, 5) is 13.0. The highest BCUT2D eigenvalue weighted by molar-refractivity contribution is 5.98. The average Bonchev–Trinajstić information content (AvgIpc) is 2.60. The van der Waals surface area contributed by atoms with Crippen LogP contribution in [0.15, 0.2) is 78.9 Å². The Labute approximate surface area is 143 Å². The highest BCUT2D eigenvalue weighted by atomic mass is 16.1. The average molecular weight is 315 g/mol. The molecule has 0 aliphatic heterocycles. The number of hydrogen-bond donors (Lipinski definition) is 1. The molecule has 0 aliphatic rings. The molecule has 0 aromatic heterocycles. The quantitative estimate of drug-likeness (QED) is 0.715. The molecule has 0 heterocycles. The van der Waals surface area contributed by atoms with E-state index in [0.717, 1.165) is 16.8 Å². The van der Waals surface area contributed by atoms with Crippen molar-refractivity contribution in [1.82, 2.24) is 0 Å². The van der Waals surface area contributed by atoms with Gasteiger partial charge in [-0.3, -0.25) is 4.79 Å².